The number of ketones is 1. The first-order chi connectivity index (χ1) is 17.1. The molecule has 178 valence electrons. The topological polar surface area (TPSA) is 77.4 Å². The second-order valence-electron chi connectivity index (χ2n) is 8.52. The first-order valence-electron chi connectivity index (χ1n) is 11.5. The maximum atomic E-state index is 13.2. The van der Waals surface area contributed by atoms with E-state index in [1.807, 2.05) is 30.5 Å². The number of anilines is 1. The largest absolute Gasteiger partial charge is 0.493 e. The monoisotopic (exact) mass is 472 g/mol. The fraction of sp³-hybridized carbons (Fsp3) is 0.259. The molecule has 0 spiro atoms. The van der Waals surface area contributed by atoms with Crippen LogP contribution in [0.4, 0.5) is 10.2 Å². The van der Waals surface area contributed by atoms with E-state index in [0.717, 1.165) is 48.3 Å². The Morgan fingerprint density at radius 1 is 0.971 bits per heavy atom. The van der Waals surface area contributed by atoms with Crippen molar-refractivity contribution in [3.05, 3.63) is 72.3 Å². The summed E-state index contributed by atoms with van der Waals surface area (Å²) in [5.41, 5.74) is 3.10. The molecule has 0 radical (unpaired) electrons. The van der Waals surface area contributed by atoms with E-state index in [-0.39, 0.29) is 17.5 Å². The van der Waals surface area contributed by atoms with Gasteiger partial charge in [-0.1, -0.05) is 0 Å². The van der Waals surface area contributed by atoms with Gasteiger partial charge in [-0.2, -0.15) is 10.2 Å². The van der Waals surface area contributed by atoms with Gasteiger partial charge in [0.15, 0.2) is 17.3 Å². The summed E-state index contributed by atoms with van der Waals surface area (Å²) in [6.07, 6.45) is 5.02. The fourth-order valence-electron chi connectivity index (χ4n) is 4.57. The quantitative estimate of drug-likeness (QED) is 0.368. The smallest absolute Gasteiger partial charge is 0.166 e. The summed E-state index contributed by atoms with van der Waals surface area (Å²) in [5, 5.41) is 9.27. The highest BCUT2D eigenvalue weighted by Crippen LogP contribution is 2.36. The van der Waals surface area contributed by atoms with Crippen LogP contribution in [-0.2, 0) is 0 Å². The summed E-state index contributed by atoms with van der Waals surface area (Å²) in [6.45, 7) is 1.47. The number of hydrogen-bond donors (Lipinski definition) is 0. The molecule has 2 aromatic heterocycles. The number of carbonyl (C=O) groups excluding carboxylic acids is 1. The van der Waals surface area contributed by atoms with Crippen molar-refractivity contribution in [3.8, 4) is 22.6 Å². The number of methoxy groups -OCH3 is 2. The highest BCUT2D eigenvalue weighted by Gasteiger charge is 2.26. The third kappa shape index (κ3) is 4.51. The Hall–Kier alpha value is -4.07. The number of aromatic nitrogens is 3. The van der Waals surface area contributed by atoms with E-state index in [9.17, 15) is 9.18 Å². The Morgan fingerprint density at radius 2 is 1.69 bits per heavy atom. The van der Waals surface area contributed by atoms with Crippen molar-refractivity contribution in [2.45, 2.75) is 12.8 Å². The van der Waals surface area contributed by atoms with Crippen molar-refractivity contribution in [3.63, 3.8) is 0 Å². The van der Waals surface area contributed by atoms with Crippen molar-refractivity contribution in [1.29, 1.82) is 0 Å². The van der Waals surface area contributed by atoms with Gasteiger partial charge < -0.3 is 14.4 Å². The Balaban J connectivity index is 1.31. The summed E-state index contributed by atoms with van der Waals surface area (Å²) in [7, 11) is 3.19. The van der Waals surface area contributed by atoms with E-state index in [0.29, 0.717) is 22.6 Å². The number of fused-ring (bicyclic) bond motifs is 1. The number of hydrogen-bond acceptors (Lipinski definition) is 7. The summed E-state index contributed by atoms with van der Waals surface area (Å²) in [6, 6.07) is 13.5. The number of nitrogens with zero attached hydrogens (tertiary/aromatic N) is 4. The van der Waals surface area contributed by atoms with Crippen molar-refractivity contribution in [2.24, 2.45) is 5.92 Å². The van der Waals surface area contributed by atoms with Gasteiger partial charge in [-0.3, -0.25) is 4.79 Å². The number of ether oxygens (including phenoxy) is 2. The van der Waals surface area contributed by atoms with Crippen LogP contribution in [0.1, 0.15) is 23.2 Å². The molecule has 35 heavy (non-hydrogen) atoms. The number of piperidine rings is 1. The number of carbonyl (C=O) groups is 1. The maximum Gasteiger partial charge on any atom is 0.166 e. The lowest BCUT2D eigenvalue weighted by Crippen LogP contribution is -2.36. The second-order valence-corrected chi connectivity index (χ2v) is 8.52. The third-order valence-electron chi connectivity index (χ3n) is 6.52. The van der Waals surface area contributed by atoms with Crippen LogP contribution in [0.15, 0.2) is 60.9 Å². The van der Waals surface area contributed by atoms with E-state index in [1.165, 1.54) is 12.1 Å². The van der Waals surface area contributed by atoms with Gasteiger partial charge in [-0.25, -0.2) is 9.37 Å². The molecule has 1 aliphatic rings. The Bertz CT molecular complexity index is 1350. The number of Topliss-reactive ketones (excluding diaryl/α,β-unsaturated/α-hetero) is 1. The molecule has 0 aliphatic carbocycles. The fourth-order valence-corrected chi connectivity index (χ4v) is 4.57. The van der Waals surface area contributed by atoms with E-state index in [4.69, 9.17) is 14.5 Å². The standard InChI is InChI=1S/C27H25FN4O3/c1-34-24-13-21-22(16-30-31-23(21)14-25(24)35-2)19-5-8-26(29-15-19)32-11-9-18(10-12-32)27(33)17-3-6-20(28)7-4-17/h3-8,13-16,18H,9-12H2,1-2H3. The molecule has 1 saturated heterocycles. The van der Waals surface area contributed by atoms with Crippen molar-refractivity contribution in [2.75, 3.05) is 32.2 Å². The van der Waals surface area contributed by atoms with Crippen LogP contribution in [-0.4, -0.2) is 48.3 Å². The summed E-state index contributed by atoms with van der Waals surface area (Å²) < 4.78 is 24.0. The van der Waals surface area contributed by atoms with Gasteiger partial charge in [0.05, 0.1) is 25.9 Å². The lowest BCUT2D eigenvalue weighted by molar-refractivity contribution is 0.0900. The minimum atomic E-state index is -0.333. The third-order valence-corrected chi connectivity index (χ3v) is 6.52. The van der Waals surface area contributed by atoms with Gasteiger partial charge in [0.25, 0.3) is 0 Å². The van der Waals surface area contributed by atoms with E-state index in [1.54, 1.807) is 32.5 Å². The molecule has 1 fully saturated rings. The average Bonchev–Trinajstić information content (AvgIpc) is 2.92. The molecular formula is C27H25FN4O3. The molecule has 0 amide bonds. The zero-order valence-corrected chi connectivity index (χ0v) is 19.6. The van der Waals surface area contributed by atoms with Crippen LogP contribution in [0, 0.1) is 11.7 Å². The first-order valence-corrected chi connectivity index (χ1v) is 11.5. The Kier molecular flexibility index (Phi) is 6.27. The average molecular weight is 473 g/mol. The first kappa shape index (κ1) is 22.7. The minimum Gasteiger partial charge on any atom is -0.493 e. The summed E-state index contributed by atoms with van der Waals surface area (Å²) in [5.74, 6) is 1.78. The van der Waals surface area contributed by atoms with Crippen LogP contribution in [0.3, 0.4) is 0 Å². The van der Waals surface area contributed by atoms with E-state index >= 15 is 0 Å². The number of rotatable bonds is 6. The van der Waals surface area contributed by atoms with Crippen LogP contribution in [0.25, 0.3) is 22.0 Å². The molecule has 2 aromatic carbocycles. The number of benzene rings is 2. The zero-order chi connectivity index (χ0) is 24.4. The Labute approximate surface area is 202 Å². The van der Waals surface area contributed by atoms with Gasteiger partial charge in [0, 0.05) is 53.3 Å². The van der Waals surface area contributed by atoms with Crippen molar-refractivity contribution >= 4 is 22.5 Å². The van der Waals surface area contributed by atoms with E-state index < -0.39 is 0 Å². The van der Waals surface area contributed by atoms with Crippen LogP contribution < -0.4 is 14.4 Å². The van der Waals surface area contributed by atoms with Crippen LogP contribution in [0.2, 0.25) is 0 Å². The highest BCUT2D eigenvalue weighted by atomic mass is 19.1. The molecule has 0 unspecified atom stereocenters. The highest BCUT2D eigenvalue weighted by molar-refractivity contribution is 5.98. The molecule has 1 aliphatic heterocycles. The number of pyridine rings is 1. The molecule has 4 aromatic rings. The number of halogens is 1. The van der Waals surface area contributed by atoms with Gasteiger partial charge in [-0.15, -0.1) is 0 Å². The molecule has 3 heterocycles. The van der Waals surface area contributed by atoms with E-state index in [2.05, 4.69) is 15.1 Å². The molecule has 0 saturated carbocycles. The van der Waals surface area contributed by atoms with Crippen LogP contribution in [0.5, 0.6) is 11.5 Å². The van der Waals surface area contributed by atoms with Gasteiger partial charge in [0.1, 0.15) is 11.6 Å². The summed E-state index contributed by atoms with van der Waals surface area (Å²) >= 11 is 0. The molecule has 0 bridgehead atoms. The second kappa shape index (κ2) is 9.66. The van der Waals surface area contributed by atoms with Crippen molar-refractivity contribution < 1.29 is 18.7 Å². The molecule has 0 N–H and O–H groups in total. The van der Waals surface area contributed by atoms with Crippen molar-refractivity contribution in [1.82, 2.24) is 15.2 Å². The molecule has 5 rings (SSSR count). The molecule has 7 nitrogen and oxygen atoms in total. The lowest BCUT2D eigenvalue weighted by Gasteiger charge is -2.32. The lowest BCUT2D eigenvalue weighted by atomic mass is 9.89. The predicted molar refractivity (Wildman–Crippen MR) is 132 cm³/mol. The van der Waals surface area contributed by atoms with Gasteiger partial charge in [-0.05, 0) is 55.3 Å². The van der Waals surface area contributed by atoms with Crippen LogP contribution >= 0.6 is 0 Å². The Morgan fingerprint density at radius 3 is 2.34 bits per heavy atom. The predicted octanol–water partition coefficient (Wildman–Crippen LogP) is 4.95. The van der Waals surface area contributed by atoms with Gasteiger partial charge in [0.2, 0.25) is 0 Å². The maximum absolute atomic E-state index is 13.2. The molecule has 0 atom stereocenters. The normalized spacial score (nSPS) is 14.2. The minimum absolute atomic E-state index is 0.0581. The molecular weight excluding hydrogens is 447 g/mol. The molecule has 8 heteroatoms. The van der Waals surface area contributed by atoms with Gasteiger partial charge >= 0.3 is 0 Å². The zero-order valence-electron chi connectivity index (χ0n) is 19.6. The summed E-state index contributed by atoms with van der Waals surface area (Å²) in [4.78, 5) is 19.6. The SMILES string of the molecule is COc1cc2nncc(-c3ccc(N4CCC(C(=O)c5ccc(F)cc5)CC4)nc3)c2cc1OC.